The fourth-order valence-corrected chi connectivity index (χ4v) is 2.62. The van der Waals surface area contributed by atoms with Gasteiger partial charge in [0, 0.05) is 28.8 Å². The van der Waals surface area contributed by atoms with Crippen LogP contribution in [0.5, 0.6) is 0 Å². The Morgan fingerprint density at radius 1 is 1.08 bits per heavy atom. The number of nitrogens with zero attached hydrogens (tertiary/aromatic N) is 1. The molecule has 2 rings (SSSR count). The summed E-state index contributed by atoms with van der Waals surface area (Å²) < 4.78 is 14.3. The molecule has 2 aromatic carbocycles. The van der Waals surface area contributed by atoms with Gasteiger partial charge >= 0.3 is 0 Å². The smallest absolute Gasteiger partial charge is 0.258 e. The Morgan fingerprint density at radius 2 is 1.71 bits per heavy atom. The van der Waals surface area contributed by atoms with E-state index in [1.54, 1.807) is 29.2 Å². The van der Waals surface area contributed by atoms with Gasteiger partial charge in [0.25, 0.3) is 11.8 Å². The predicted octanol–water partition coefficient (Wildman–Crippen LogP) is 4.32. The Morgan fingerprint density at radius 3 is 2.29 bits per heavy atom. The summed E-state index contributed by atoms with van der Waals surface area (Å²) in [5.74, 6) is -1.20. The number of amides is 2. The molecule has 1 N–H and O–H groups in total. The quantitative estimate of drug-likeness (QED) is 0.823. The van der Waals surface area contributed by atoms with E-state index in [0.29, 0.717) is 28.8 Å². The van der Waals surface area contributed by atoms with Crippen molar-refractivity contribution in [3.63, 3.8) is 0 Å². The molecule has 6 heteroatoms. The zero-order chi connectivity index (χ0) is 17.7. The van der Waals surface area contributed by atoms with Crippen molar-refractivity contribution in [3.05, 3.63) is 63.9 Å². The van der Waals surface area contributed by atoms with Crippen molar-refractivity contribution in [3.8, 4) is 0 Å². The van der Waals surface area contributed by atoms with E-state index < -0.39 is 11.7 Å². The summed E-state index contributed by atoms with van der Waals surface area (Å²) in [4.78, 5) is 26.1. The van der Waals surface area contributed by atoms with Crippen molar-refractivity contribution in [2.45, 2.75) is 13.8 Å². The second-order valence-electron chi connectivity index (χ2n) is 5.13. The summed E-state index contributed by atoms with van der Waals surface area (Å²) in [5, 5.41) is 2.62. The number of hydrogen-bond acceptors (Lipinski definition) is 2. The van der Waals surface area contributed by atoms with Gasteiger partial charge in [-0.2, -0.15) is 0 Å². The van der Waals surface area contributed by atoms with Crippen molar-refractivity contribution in [2.24, 2.45) is 0 Å². The summed E-state index contributed by atoms with van der Waals surface area (Å²) in [6.07, 6.45) is 0. The molecule has 24 heavy (non-hydrogen) atoms. The molecule has 0 bridgehead atoms. The zero-order valence-corrected chi connectivity index (χ0v) is 15.1. The summed E-state index contributed by atoms with van der Waals surface area (Å²) in [6, 6.07) is 10.7. The first-order valence-electron chi connectivity index (χ1n) is 7.62. The normalized spacial score (nSPS) is 10.3. The Labute approximate surface area is 148 Å². The number of hydrogen-bond donors (Lipinski definition) is 1. The minimum absolute atomic E-state index is 0.0485. The van der Waals surface area contributed by atoms with Gasteiger partial charge in [0.15, 0.2) is 0 Å². The highest BCUT2D eigenvalue weighted by Crippen LogP contribution is 2.18. The highest BCUT2D eigenvalue weighted by molar-refractivity contribution is 9.10. The molecule has 0 spiro atoms. The maximum Gasteiger partial charge on any atom is 0.258 e. The molecule has 0 heterocycles. The van der Waals surface area contributed by atoms with Crippen LogP contribution in [-0.2, 0) is 0 Å². The van der Waals surface area contributed by atoms with Gasteiger partial charge in [0.2, 0.25) is 0 Å². The Hall–Kier alpha value is -2.21. The van der Waals surface area contributed by atoms with E-state index in [9.17, 15) is 14.0 Å². The lowest BCUT2D eigenvalue weighted by atomic mass is 10.1. The monoisotopic (exact) mass is 392 g/mol. The van der Waals surface area contributed by atoms with Crippen LogP contribution in [0.2, 0.25) is 0 Å². The standard InChI is InChI=1S/C18H18BrFN2O2/c1-3-22(4-2)18(24)12-5-8-14(9-6-12)21-17(23)15-11-13(19)7-10-16(15)20/h5-11H,3-4H2,1-2H3,(H,21,23). The lowest BCUT2D eigenvalue weighted by Crippen LogP contribution is -2.30. The second kappa shape index (κ2) is 8.06. The molecule has 0 aliphatic rings. The van der Waals surface area contributed by atoms with Crippen LogP contribution >= 0.6 is 15.9 Å². The van der Waals surface area contributed by atoms with Crippen LogP contribution in [0.3, 0.4) is 0 Å². The van der Waals surface area contributed by atoms with Crippen LogP contribution in [0.4, 0.5) is 10.1 Å². The number of anilines is 1. The van der Waals surface area contributed by atoms with Crippen molar-refractivity contribution >= 4 is 33.4 Å². The van der Waals surface area contributed by atoms with Gasteiger partial charge in [-0.05, 0) is 56.3 Å². The molecule has 0 fully saturated rings. The van der Waals surface area contributed by atoms with E-state index in [4.69, 9.17) is 0 Å². The van der Waals surface area contributed by atoms with Gasteiger partial charge < -0.3 is 10.2 Å². The number of rotatable bonds is 5. The summed E-state index contributed by atoms with van der Waals surface area (Å²) in [7, 11) is 0. The third-order valence-corrected chi connectivity index (χ3v) is 4.11. The van der Waals surface area contributed by atoms with Gasteiger partial charge in [0.05, 0.1) is 5.56 Å². The molecular weight excluding hydrogens is 375 g/mol. The molecular formula is C18H18BrFN2O2. The first kappa shape index (κ1) is 18.1. The number of halogens is 2. The maximum absolute atomic E-state index is 13.7. The molecule has 126 valence electrons. The third kappa shape index (κ3) is 4.20. The fraction of sp³-hybridized carbons (Fsp3) is 0.222. The number of nitrogens with one attached hydrogen (secondary N) is 1. The van der Waals surface area contributed by atoms with Gasteiger partial charge in [-0.3, -0.25) is 9.59 Å². The molecule has 0 unspecified atom stereocenters. The average molecular weight is 393 g/mol. The molecule has 4 nitrogen and oxygen atoms in total. The minimum Gasteiger partial charge on any atom is -0.339 e. The Bertz CT molecular complexity index is 743. The summed E-state index contributed by atoms with van der Waals surface area (Å²) in [6.45, 7) is 5.11. The highest BCUT2D eigenvalue weighted by Gasteiger charge is 2.14. The molecule has 0 saturated heterocycles. The number of carbonyl (C=O) groups is 2. The molecule has 0 aliphatic carbocycles. The van der Waals surface area contributed by atoms with Crippen LogP contribution in [0, 0.1) is 5.82 Å². The van der Waals surface area contributed by atoms with Crippen LogP contribution in [-0.4, -0.2) is 29.8 Å². The SMILES string of the molecule is CCN(CC)C(=O)c1ccc(NC(=O)c2cc(Br)ccc2F)cc1. The van der Waals surface area contributed by atoms with E-state index in [2.05, 4.69) is 21.2 Å². The Kier molecular flexibility index (Phi) is 6.09. The van der Waals surface area contributed by atoms with E-state index in [1.165, 1.54) is 18.2 Å². The Balaban J connectivity index is 2.13. The van der Waals surface area contributed by atoms with Crippen LogP contribution in [0.15, 0.2) is 46.9 Å². The van der Waals surface area contributed by atoms with Crippen molar-refractivity contribution < 1.29 is 14.0 Å². The highest BCUT2D eigenvalue weighted by atomic mass is 79.9. The number of carbonyl (C=O) groups excluding carboxylic acids is 2. The molecule has 0 aliphatic heterocycles. The van der Waals surface area contributed by atoms with Crippen molar-refractivity contribution in [2.75, 3.05) is 18.4 Å². The third-order valence-electron chi connectivity index (χ3n) is 3.61. The molecule has 0 aromatic heterocycles. The average Bonchev–Trinajstić information content (AvgIpc) is 2.58. The van der Waals surface area contributed by atoms with Crippen LogP contribution in [0.1, 0.15) is 34.6 Å². The maximum atomic E-state index is 13.7. The molecule has 2 aromatic rings. The van der Waals surface area contributed by atoms with Gasteiger partial charge in [0.1, 0.15) is 5.82 Å². The molecule has 0 saturated carbocycles. The summed E-state index contributed by atoms with van der Waals surface area (Å²) in [5.41, 5.74) is 0.994. The van der Waals surface area contributed by atoms with Gasteiger partial charge in [-0.15, -0.1) is 0 Å². The van der Waals surface area contributed by atoms with E-state index in [-0.39, 0.29) is 11.5 Å². The van der Waals surface area contributed by atoms with Crippen molar-refractivity contribution in [1.29, 1.82) is 0 Å². The van der Waals surface area contributed by atoms with Gasteiger partial charge in [-0.25, -0.2) is 4.39 Å². The molecule has 0 radical (unpaired) electrons. The van der Waals surface area contributed by atoms with E-state index in [1.807, 2.05) is 13.8 Å². The number of benzene rings is 2. The largest absolute Gasteiger partial charge is 0.339 e. The van der Waals surface area contributed by atoms with Crippen molar-refractivity contribution in [1.82, 2.24) is 4.90 Å². The first-order chi connectivity index (χ1) is 11.5. The van der Waals surface area contributed by atoms with Gasteiger partial charge in [-0.1, -0.05) is 15.9 Å². The van der Waals surface area contributed by atoms with E-state index in [0.717, 1.165) is 0 Å². The first-order valence-corrected chi connectivity index (χ1v) is 8.41. The zero-order valence-electron chi connectivity index (χ0n) is 13.5. The topological polar surface area (TPSA) is 49.4 Å². The van der Waals surface area contributed by atoms with E-state index >= 15 is 0 Å². The predicted molar refractivity (Wildman–Crippen MR) is 95.7 cm³/mol. The van der Waals surface area contributed by atoms with Crippen LogP contribution in [0.25, 0.3) is 0 Å². The summed E-state index contributed by atoms with van der Waals surface area (Å²) >= 11 is 3.21. The second-order valence-corrected chi connectivity index (χ2v) is 6.05. The molecule has 0 atom stereocenters. The minimum atomic E-state index is -0.593. The molecule has 2 amide bonds. The van der Waals surface area contributed by atoms with Crippen LogP contribution < -0.4 is 5.32 Å². The lowest BCUT2D eigenvalue weighted by Gasteiger charge is -2.18. The lowest BCUT2D eigenvalue weighted by molar-refractivity contribution is 0.0773. The fourth-order valence-electron chi connectivity index (χ4n) is 2.26.